The van der Waals surface area contributed by atoms with Gasteiger partial charge in [-0.1, -0.05) is 66.4 Å². The summed E-state index contributed by atoms with van der Waals surface area (Å²) in [5.41, 5.74) is 4.01. The third-order valence-corrected chi connectivity index (χ3v) is 6.59. The lowest BCUT2D eigenvalue weighted by atomic mass is 10.0. The van der Waals surface area contributed by atoms with Crippen LogP contribution in [0.5, 0.6) is 0 Å². The third kappa shape index (κ3) is 3.07. The standard InChI is InChI=1S/C22H23N3S/c1-15-7-5-6-10-19(15)20(16-8-3-2-4-9-16)26-22-24-23-21(17-11-12-17)25(22)18-13-14-18/h2-10,17-18,20H,11-14H2,1H3/t20-/m1/s1. The zero-order valence-electron chi connectivity index (χ0n) is 15.0. The minimum absolute atomic E-state index is 0.242. The van der Waals surface area contributed by atoms with E-state index in [9.17, 15) is 0 Å². The van der Waals surface area contributed by atoms with Crippen molar-refractivity contribution in [2.24, 2.45) is 0 Å². The number of rotatable bonds is 6. The summed E-state index contributed by atoms with van der Waals surface area (Å²) in [7, 11) is 0. The molecule has 0 radical (unpaired) electrons. The highest BCUT2D eigenvalue weighted by atomic mass is 32.2. The first kappa shape index (κ1) is 16.1. The normalized spacial score (nSPS) is 18.0. The Labute approximate surface area is 158 Å². The van der Waals surface area contributed by atoms with Crippen LogP contribution in [0.25, 0.3) is 0 Å². The molecule has 0 saturated heterocycles. The molecule has 132 valence electrons. The maximum atomic E-state index is 4.64. The predicted octanol–water partition coefficient (Wildman–Crippen LogP) is 5.68. The largest absolute Gasteiger partial charge is 0.303 e. The molecule has 2 saturated carbocycles. The fourth-order valence-corrected chi connectivity index (χ4v) is 4.93. The number of nitrogens with zero attached hydrogens (tertiary/aromatic N) is 3. The minimum Gasteiger partial charge on any atom is -0.303 e. The van der Waals surface area contributed by atoms with Gasteiger partial charge in [-0.25, -0.2) is 0 Å². The summed E-state index contributed by atoms with van der Waals surface area (Å²) in [6.07, 6.45) is 5.09. The van der Waals surface area contributed by atoms with Gasteiger partial charge in [0.1, 0.15) is 5.82 Å². The zero-order chi connectivity index (χ0) is 17.5. The Morgan fingerprint density at radius 3 is 2.35 bits per heavy atom. The average Bonchev–Trinajstić information content (AvgIpc) is 3.60. The monoisotopic (exact) mass is 361 g/mol. The fourth-order valence-electron chi connectivity index (χ4n) is 3.59. The van der Waals surface area contributed by atoms with Gasteiger partial charge in [0.15, 0.2) is 5.16 Å². The molecule has 0 amide bonds. The van der Waals surface area contributed by atoms with Gasteiger partial charge in [-0.05, 0) is 49.3 Å². The number of aryl methyl sites for hydroxylation is 1. The van der Waals surface area contributed by atoms with Gasteiger partial charge in [0.25, 0.3) is 0 Å². The van der Waals surface area contributed by atoms with Crippen molar-refractivity contribution in [2.75, 3.05) is 0 Å². The number of hydrogen-bond donors (Lipinski definition) is 0. The van der Waals surface area contributed by atoms with Crippen molar-refractivity contribution in [2.45, 2.75) is 55.0 Å². The first-order valence-corrected chi connectivity index (χ1v) is 10.4. The topological polar surface area (TPSA) is 30.7 Å². The summed E-state index contributed by atoms with van der Waals surface area (Å²) in [5.74, 6) is 1.87. The highest BCUT2D eigenvalue weighted by Crippen LogP contribution is 2.49. The van der Waals surface area contributed by atoms with Crippen molar-refractivity contribution in [1.82, 2.24) is 14.8 Å². The highest BCUT2D eigenvalue weighted by Gasteiger charge is 2.37. The van der Waals surface area contributed by atoms with E-state index in [0.717, 1.165) is 5.16 Å². The lowest BCUT2D eigenvalue weighted by molar-refractivity contribution is 0.626. The van der Waals surface area contributed by atoms with Gasteiger partial charge in [-0.3, -0.25) is 0 Å². The second-order valence-electron chi connectivity index (χ2n) is 7.48. The van der Waals surface area contributed by atoms with Gasteiger partial charge >= 0.3 is 0 Å². The first-order chi connectivity index (χ1) is 12.8. The molecule has 3 aromatic rings. The third-order valence-electron chi connectivity index (χ3n) is 5.34. The van der Waals surface area contributed by atoms with Crippen molar-refractivity contribution in [3.63, 3.8) is 0 Å². The molecule has 26 heavy (non-hydrogen) atoms. The molecule has 0 aliphatic heterocycles. The summed E-state index contributed by atoms with van der Waals surface area (Å²) in [6.45, 7) is 2.20. The Balaban J connectivity index is 1.56. The van der Waals surface area contributed by atoms with E-state index >= 15 is 0 Å². The van der Waals surface area contributed by atoms with Crippen molar-refractivity contribution >= 4 is 11.8 Å². The molecule has 5 rings (SSSR count). The van der Waals surface area contributed by atoms with E-state index in [1.165, 1.54) is 48.2 Å². The van der Waals surface area contributed by atoms with Gasteiger partial charge in [-0.2, -0.15) is 0 Å². The van der Waals surface area contributed by atoms with E-state index in [4.69, 9.17) is 0 Å². The van der Waals surface area contributed by atoms with E-state index in [2.05, 4.69) is 76.3 Å². The Bertz CT molecular complexity index is 910. The van der Waals surface area contributed by atoms with Gasteiger partial charge in [0.2, 0.25) is 0 Å². The van der Waals surface area contributed by atoms with E-state index in [1.807, 2.05) is 11.8 Å². The SMILES string of the molecule is Cc1ccccc1[C@H](Sc1nnc(C2CC2)n1C1CC1)c1ccccc1. The smallest absolute Gasteiger partial charge is 0.192 e. The minimum atomic E-state index is 0.242. The lowest BCUT2D eigenvalue weighted by Crippen LogP contribution is -2.05. The molecule has 0 unspecified atom stereocenters. The lowest BCUT2D eigenvalue weighted by Gasteiger charge is -2.20. The molecule has 0 bridgehead atoms. The van der Waals surface area contributed by atoms with Crippen LogP contribution >= 0.6 is 11.8 Å². The molecule has 1 aromatic heterocycles. The van der Waals surface area contributed by atoms with Crippen molar-refractivity contribution < 1.29 is 0 Å². The van der Waals surface area contributed by atoms with Crippen molar-refractivity contribution in [1.29, 1.82) is 0 Å². The molecular formula is C22H23N3S. The Morgan fingerprint density at radius 2 is 1.65 bits per heavy atom. The number of thioether (sulfide) groups is 1. The summed E-state index contributed by atoms with van der Waals surface area (Å²) in [4.78, 5) is 0. The van der Waals surface area contributed by atoms with Crippen molar-refractivity contribution in [3.05, 3.63) is 77.1 Å². The van der Waals surface area contributed by atoms with Crippen LogP contribution in [0.3, 0.4) is 0 Å². The van der Waals surface area contributed by atoms with Crippen molar-refractivity contribution in [3.8, 4) is 0 Å². The van der Waals surface area contributed by atoms with Crippen LogP contribution in [-0.2, 0) is 0 Å². The summed E-state index contributed by atoms with van der Waals surface area (Å²) in [6, 6.07) is 20.1. The van der Waals surface area contributed by atoms with Crippen LogP contribution in [0, 0.1) is 6.92 Å². The van der Waals surface area contributed by atoms with E-state index < -0.39 is 0 Å². The maximum Gasteiger partial charge on any atom is 0.192 e. The second-order valence-corrected chi connectivity index (χ2v) is 8.55. The molecule has 2 aliphatic carbocycles. The molecular weight excluding hydrogens is 338 g/mol. The zero-order valence-corrected chi connectivity index (χ0v) is 15.8. The number of aromatic nitrogens is 3. The molecule has 2 aromatic carbocycles. The second kappa shape index (κ2) is 6.58. The van der Waals surface area contributed by atoms with Crippen LogP contribution in [0.4, 0.5) is 0 Å². The van der Waals surface area contributed by atoms with Gasteiger partial charge in [0, 0.05) is 12.0 Å². The number of benzene rings is 2. The van der Waals surface area contributed by atoms with Gasteiger partial charge in [-0.15, -0.1) is 10.2 Å². The molecule has 0 N–H and O–H groups in total. The molecule has 0 spiro atoms. The average molecular weight is 362 g/mol. The van der Waals surface area contributed by atoms with E-state index in [1.54, 1.807) is 0 Å². The first-order valence-electron chi connectivity index (χ1n) is 9.53. The summed E-state index contributed by atoms with van der Waals surface area (Å²) >= 11 is 1.86. The Hall–Kier alpha value is -2.07. The summed E-state index contributed by atoms with van der Waals surface area (Å²) < 4.78 is 2.45. The predicted molar refractivity (Wildman–Crippen MR) is 106 cm³/mol. The van der Waals surface area contributed by atoms with E-state index in [-0.39, 0.29) is 5.25 Å². The number of hydrogen-bond acceptors (Lipinski definition) is 3. The summed E-state index contributed by atoms with van der Waals surface area (Å²) in [5, 5.41) is 10.6. The molecule has 4 heteroatoms. The van der Waals surface area contributed by atoms with Crippen LogP contribution in [0.1, 0.15) is 65.4 Å². The Kier molecular flexibility index (Phi) is 4.08. The van der Waals surface area contributed by atoms with Crippen LogP contribution in [-0.4, -0.2) is 14.8 Å². The van der Waals surface area contributed by atoms with E-state index in [0.29, 0.717) is 12.0 Å². The molecule has 1 heterocycles. The van der Waals surface area contributed by atoms with Crippen LogP contribution in [0.2, 0.25) is 0 Å². The fraction of sp³-hybridized carbons (Fsp3) is 0.364. The molecule has 2 fully saturated rings. The van der Waals surface area contributed by atoms with Crippen LogP contribution < -0.4 is 0 Å². The quantitative estimate of drug-likeness (QED) is 0.529. The molecule has 3 nitrogen and oxygen atoms in total. The molecule has 2 aliphatic rings. The van der Waals surface area contributed by atoms with Crippen LogP contribution in [0.15, 0.2) is 59.8 Å². The molecule has 1 atom stereocenters. The maximum absolute atomic E-state index is 4.64. The van der Waals surface area contributed by atoms with Gasteiger partial charge < -0.3 is 4.57 Å². The Morgan fingerprint density at radius 1 is 0.923 bits per heavy atom. The van der Waals surface area contributed by atoms with Gasteiger partial charge in [0.05, 0.1) is 5.25 Å². The highest BCUT2D eigenvalue weighted by molar-refractivity contribution is 7.99.